The maximum absolute atomic E-state index is 4.37. The Morgan fingerprint density at radius 3 is 2.50 bits per heavy atom. The quantitative estimate of drug-likeness (QED) is 0.843. The molecule has 0 bridgehead atoms. The van der Waals surface area contributed by atoms with E-state index in [0.717, 1.165) is 37.9 Å². The first-order valence-corrected chi connectivity index (χ1v) is 7.05. The Labute approximate surface area is 111 Å². The Bertz CT molecular complexity index is 463. The molecule has 1 aliphatic heterocycles. The monoisotopic (exact) mass is 260 g/mol. The molecule has 18 heavy (non-hydrogen) atoms. The van der Waals surface area contributed by atoms with Gasteiger partial charge in [0.2, 0.25) is 0 Å². The van der Waals surface area contributed by atoms with Crippen LogP contribution in [0, 0.1) is 0 Å². The highest BCUT2D eigenvalue weighted by molar-refractivity contribution is 7.13. The van der Waals surface area contributed by atoms with E-state index in [1.165, 1.54) is 5.56 Å². The lowest BCUT2D eigenvalue weighted by Crippen LogP contribution is -2.45. The maximum atomic E-state index is 4.37. The van der Waals surface area contributed by atoms with Gasteiger partial charge in [0.15, 0.2) is 5.13 Å². The molecule has 0 spiro atoms. The fourth-order valence-corrected chi connectivity index (χ4v) is 2.91. The average molecular weight is 260 g/mol. The molecule has 5 heteroatoms. The van der Waals surface area contributed by atoms with Crippen molar-refractivity contribution in [3.63, 3.8) is 0 Å². The smallest absolute Gasteiger partial charge is 0.185 e. The molecule has 2 aromatic rings. The van der Waals surface area contributed by atoms with Crippen LogP contribution < -0.4 is 4.90 Å². The Balaban J connectivity index is 1.54. The molecular formula is C13H16N4S. The van der Waals surface area contributed by atoms with Crippen molar-refractivity contribution in [2.75, 3.05) is 31.1 Å². The van der Waals surface area contributed by atoms with Crippen LogP contribution in [-0.4, -0.2) is 41.0 Å². The van der Waals surface area contributed by atoms with E-state index in [4.69, 9.17) is 0 Å². The molecule has 4 nitrogen and oxygen atoms in total. The number of hydrogen-bond acceptors (Lipinski definition) is 5. The van der Waals surface area contributed by atoms with Gasteiger partial charge in [-0.15, -0.1) is 11.3 Å². The number of nitrogens with zero attached hydrogens (tertiary/aromatic N) is 4. The van der Waals surface area contributed by atoms with Crippen LogP contribution in [-0.2, 0) is 6.54 Å². The van der Waals surface area contributed by atoms with Gasteiger partial charge in [0, 0.05) is 56.7 Å². The standard InChI is InChI=1S/C13H16N4S/c1-3-14-4-2-12(1)11-16-6-8-17(9-7-16)13-15-5-10-18-13/h1-5,10H,6-9,11H2. The summed E-state index contributed by atoms with van der Waals surface area (Å²) in [6, 6.07) is 4.18. The van der Waals surface area contributed by atoms with Gasteiger partial charge in [-0.2, -0.15) is 0 Å². The van der Waals surface area contributed by atoms with Crippen molar-refractivity contribution >= 4 is 16.5 Å². The first-order chi connectivity index (χ1) is 8.92. The summed E-state index contributed by atoms with van der Waals surface area (Å²) >= 11 is 1.72. The van der Waals surface area contributed by atoms with Gasteiger partial charge in [0.25, 0.3) is 0 Å². The molecule has 1 aliphatic rings. The Kier molecular flexibility index (Phi) is 3.52. The van der Waals surface area contributed by atoms with E-state index >= 15 is 0 Å². The number of piperazine rings is 1. The van der Waals surface area contributed by atoms with Crippen molar-refractivity contribution in [2.45, 2.75) is 6.54 Å². The van der Waals surface area contributed by atoms with Gasteiger partial charge in [-0.1, -0.05) is 0 Å². The summed E-state index contributed by atoms with van der Waals surface area (Å²) in [4.78, 5) is 13.3. The van der Waals surface area contributed by atoms with Crippen molar-refractivity contribution < 1.29 is 0 Å². The highest BCUT2D eigenvalue weighted by Gasteiger charge is 2.18. The van der Waals surface area contributed by atoms with Gasteiger partial charge in [-0.05, 0) is 17.7 Å². The number of thiazole rings is 1. The molecule has 0 saturated carbocycles. The lowest BCUT2D eigenvalue weighted by Gasteiger charge is -2.34. The molecule has 0 amide bonds. The predicted octanol–water partition coefficient (Wildman–Crippen LogP) is 1.86. The summed E-state index contributed by atoms with van der Waals surface area (Å²) in [6.45, 7) is 5.36. The van der Waals surface area contributed by atoms with E-state index in [-0.39, 0.29) is 0 Å². The van der Waals surface area contributed by atoms with Crippen LogP contribution in [0.1, 0.15) is 5.56 Å². The molecule has 1 fully saturated rings. The fraction of sp³-hybridized carbons (Fsp3) is 0.385. The van der Waals surface area contributed by atoms with Crippen molar-refractivity contribution in [3.05, 3.63) is 41.7 Å². The minimum Gasteiger partial charge on any atom is -0.346 e. The lowest BCUT2D eigenvalue weighted by molar-refractivity contribution is 0.250. The highest BCUT2D eigenvalue weighted by Crippen LogP contribution is 2.19. The fourth-order valence-electron chi connectivity index (χ4n) is 2.22. The Morgan fingerprint density at radius 1 is 1.06 bits per heavy atom. The van der Waals surface area contributed by atoms with Crippen molar-refractivity contribution in [1.82, 2.24) is 14.9 Å². The van der Waals surface area contributed by atoms with Crippen molar-refractivity contribution in [3.8, 4) is 0 Å². The third kappa shape index (κ3) is 2.68. The molecule has 2 aromatic heterocycles. The topological polar surface area (TPSA) is 32.3 Å². The van der Waals surface area contributed by atoms with Crippen LogP contribution in [0.25, 0.3) is 0 Å². The molecule has 0 N–H and O–H groups in total. The molecule has 0 aromatic carbocycles. The molecule has 0 aliphatic carbocycles. The molecule has 0 radical (unpaired) electrons. The zero-order valence-electron chi connectivity index (χ0n) is 10.2. The SMILES string of the molecule is c1cc(CN2CCN(c3nccs3)CC2)ccn1. The first-order valence-electron chi connectivity index (χ1n) is 6.17. The lowest BCUT2D eigenvalue weighted by atomic mass is 10.2. The zero-order chi connectivity index (χ0) is 12.2. The third-order valence-electron chi connectivity index (χ3n) is 3.22. The number of hydrogen-bond donors (Lipinski definition) is 0. The van der Waals surface area contributed by atoms with Gasteiger partial charge >= 0.3 is 0 Å². The van der Waals surface area contributed by atoms with Crippen LogP contribution in [0.15, 0.2) is 36.1 Å². The van der Waals surface area contributed by atoms with Crippen molar-refractivity contribution in [1.29, 1.82) is 0 Å². The van der Waals surface area contributed by atoms with Crippen LogP contribution in [0.2, 0.25) is 0 Å². The van der Waals surface area contributed by atoms with Crippen LogP contribution in [0.3, 0.4) is 0 Å². The molecule has 0 atom stereocenters. The van der Waals surface area contributed by atoms with Gasteiger partial charge < -0.3 is 4.90 Å². The molecule has 3 heterocycles. The van der Waals surface area contributed by atoms with E-state index in [2.05, 4.69) is 31.9 Å². The minimum atomic E-state index is 1.02. The Morgan fingerprint density at radius 2 is 1.83 bits per heavy atom. The van der Waals surface area contributed by atoms with Crippen molar-refractivity contribution in [2.24, 2.45) is 0 Å². The number of pyridine rings is 1. The van der Waals surface area contributed by atoms with E-state index < -0.39 is 0 Å². The maximum Gasteiger partial charge on any atom is 0.185 e. The first kappa shape index (κ1) is 11.6. The summed E-state index contributed by atoms with van der Waals surface area (Å²) in [6.07, 6.45) is 5.60. The predicted molar refractivity (Wildman–Crippen MR) is 73.8 cm³/mol. The second kappa shape index (κ2) is 5.46. The van der Waals surface area contributed by atoms with Crippen LogP contribution in [0.5, 0.6) is 0 Å². The number of aromatic nitrogens is 2. The largest absolute Gasteiger partial charge is 0.346 e. The van der Waals surface area contributed by atoms with E-state index in [1.54, 1.807) is 11.3 Å². The minimum absolute atomic E-state index is 1.02. The van der Waals surface area contributed by atoms with Crippen LogP contribution >= 0.6 is 11.3 Å². The molecule has 1 saturated heterocycles. The van der Waals surface area contributed by atoms with Crippen LogP contribution in [0.4, 0.5) is 5.13 Å². The normalized spacial score (nSPS) is 17.0. The van der Waals surface area contributed by atoms with E-state index in [0.29, 0.717) is 0 Å². The summed E-state index contributed by atoms with van der Waals surface area (Å²) in [5.74, 6) is 0. The zero-order valence-corrected chi connectivity index (χ0v) is 11.0. The molecule has 0 unspecified atom stereocenters. The third-order valence-corrected chi connectivity index (χ3v) is 4.05. The highest BCUT2D eigenvalue weighted by atomic mass is 32.1. The molecule has 94 valence electrons. The second-order valence-electron chi connectivity index (χ2n) is 4.43. The number of anilines is 1. The average Bonchev–Trinajstić information content (AvgIpc) is 2.95. The summed E-state index contributed by atoms with van der Waals surface area (Å²) < 4.78 is 0. The van der Waals surface area contributed by atoms with E-state index in [9.17, 15) is 0 Å². The van der Waals surface area contributed by atoms with Gasteiger partial charge in [0.1, 0.15) is 0 Å². The van der Waals surface area contributed by atoms with Gasteiger partial charge in [0.05, 0.1) is 0 Å². The Hall–Kier alpha value is -1.46. The van der Waals surface area contributed by atoms with Gasteiger partial charge in [-0.3, -0.25) is 9.88 Å². The molecule has 3 rings (SSSR count). The van der Waals surface area contributed by atoms with Gasteiger partial charge in [-0.25, -0.2) is 4.98 Å². The molecular weight excluding hydrogens is 244 g/mol. The second-order valence-corrected chi connectivity index (χ2v) is 5.31. The summed E-state index contributed by atoms with van der Waals surface area (Å²) in [7, 11) is 0. The summed E-state index contributed by atoms with van der Waals surface area (Å²) in [5.41, 5.74) is 1.34. The summed E-state index contributed by atoms with van der Waals surface area (Å²) in [5, 5.41) is 3.19. The number of rotatable bonds is 3. The van der Waals surface area contributed by atoms with E-state index in [1.807, 2.05) is 24.0 Å².